The second-order valence-electron chi connectivity index (χ2n) is 5.29. The molecule has 0 saturated carbocycles. The van der Waals surface area contributed by atoms with Crippen molar-refractivity contribution in [3.8, 4) is 0 Å². The molecule has 8 nitrogen and oxygen atoms in total. The Hall–Kier alpha value is -2.55. The van der Waals surface area contributed by atoms with Gasteiger partial charge in [0.05, 0.1) is 16.7 Å². The quantitative estimate of drug-likeness (QED) is 0.752. The van der Waals surface area contributed by atoms with Gasteiger partial charge in [0.25, 0.3) is 17.2 Å². The van der Waals surface area contributed by atoms with Crippen LogP contribution < -0.4 is 10.9 Å². The first-order valence-corrected chi connectivity index (χ1v) is 7.87. The third-order valence-corrected chi connectivity index (χ3v) is 4.33. The maximum atomic E-state index is 12.4. The minimum atomic E-state index is -0.485. The van der Waals surface area contributed by atoms with E-state index < -0.39 is 11.5 Å². The highest BCUT2D eigenvalue weighted by Crippen LogP contribution is 2.22. The molecule has 0 unspecified atom stereocenters. The van der Waals surface area contributed by atoms with Gasteiger partial charge in [0.2, 0.25) is 0 Å². The number of rotatable bonds is 3. The Morgan fingerprint density at radius 1 is 1.35 bits per heavy atom. The van der Waals surface area contributed by atoms with Crippen LogP contribution in [0.2, 0.25) is 0 Å². The third-order valence-electron chi connectivity index (χ3n) is 3.43. The molecular weight excluding hydrogens is 316 g/mol. The van der Waals surface area contributed by atoms with Crippen LogP contribution >= 0.6 is 11.3 Å². The molecule has 1 atom stereocenters. The molecule has 0 fully saturated rings. The molecule has 0 aliphatic heterocycles. The predicted molar refractivity (Wildman–Crippen MR) is 85.8 cm³/mol. The number of carbonyl (C=O) groups excluding carboxylic acids is 1. The van der Waals surface area contributed by atoms with Crippen molar-refractivity contribution < 1.29 is 4.79 Å². The summed E-state index contributed by atoms with van der Waals surface area (Å²) in [5.41, 5.74) is 0.293. The number of aromatic amines is 1. The fourth-order valence-corrected chi connectivity index (χ4v) is 3.32. The average molecular weight is 332 g/mol. The SMILES string of the molecule is Cc1nc2ncc(C(=O)N[C@H](C)c3nc(C)sc3C)c(=O)n2[nH]1. The zero-order valence-corrected chi connectivity index (χ0v) is 14.0. The number of nitrogens with zero attached hydrogens (tertiary/aromatic N) is 4. The van der Waals surface area contributed by atoms with Gasteiger partial charge in [0.15, 0.2) is 0 Å². The third kappa shape index (κ3) is 2.74. The van der Waals surface area contributed by atoms with E-state index in [0.717, 1.165) is 20.1 Å². The molecule has 3 heterocycles. The standard InChI is InChI=1S/C14H16N6O2S/c1-6(11-7(2)23-9(4)18-11)16-12(21)10-5-15-14-17-8(3)19-20(14)13(10)22/h5-6H,1-4H3,(H,16,21)(H,15,17,19)/t6-/m1/s1. The first kappa shape index (κ1) is 15.3. The van der Waals surface area contributed by atoms with Gasteiger partial charge in [-0.2, -0.15) is 9.50 Å². The molecule has 1 amide bonds. The lowest BCUT2D eigenvalue weighted by molar-refractivity contribution is 0.0937. The average Bonchev–Trinajstić information content (AvgIpc) is 3.01. The number of hydrogen-bond acceptors (Lipinski definition) is 6. The summed E-state index contributed by atoms with van der Waals surface area (Å²) in [6, 6.07) is -0.295. The van der Waals surface area contributed by atoms with E-state index in [2.05, 4.69) is 25.4 Å². The predicted octanol–water partition coefficient (Wildman–Crippen LogP) is 1.29. The van der Waals surface area contributed by atoms with Crippen LogP contribution in [0.15, 0.2) is 11.0 Å². The summed E-state index contributed by atoms with van der Waals surface area (Å²) in [5, 5.41) is 6.50. The zero-order valence-electron chi connectivity index (χ0n) is 13.2. The topological polar surface area (TPSA) is 105 Å². The number of hydrogen-bond donors (Lipinski definition) is 2. The number of carbonyl (C=O) groups is 1. The highest BCUT2D eigenvalue weighted by atomic mass is 32.1. The fraction of sp³-hybridized carbons (Fsp3) is 0.357. The van der Waals surface area contributed by atoms with E-state index in [0.29, 0.717) is 5.82 Å². The Morgan fingerprint density at radius 3 is 2.74 bits per heavy atom. The van der Waals surface area contributed by atoms with Gasteiger partial charge in [-0.25, -0.2) is 9.97 Å². The van der Waals surface area contributed by atoms with Gasteiger partial charge in [-0.1, -0.05) is 0 Å². The molecule has 3 aromatic rings. The summed E-state index contributed by atoms with van der Waals surface area (Å²) in [7, 11) is 0. The minimum Gasteiger partial charge on any atom is -0.344 e. The van der Waals surface area contributed by atoms with Crippen LogP contribution in [0, 0.1) is 20.8 Å². The molecule has 3 rings (SSSR count). The maximum absolute atomic E-state index is 12.4. The van der Waals surface area contributed by atoms with Crippen molar-refractivity contribution in [3.05, 3.63) is 43.5 Å². The number of amides is 1. The number of fused-ring (bicyclic) bond motifs is 1. The smallest absolute Gasteiger partial charge is 0.286 e. The van der Waals surface area contributed by atoms with Crippen molar-refractivity contribution in [2.75, 3.05) is 0 Å². The van der Waals surface area contributed by atoms with E-state index >= 15 is 0 Å². The monoisotopic (exact) mass is 332 g/mol. The van der Waals surface area contributed by atoms with Gasteiger partial charge in [0.1, 0.15) is 11.4 Å². The van der Waals surface area contributed by atoms with Crippen molar-refractivity contribution in [2.24, 2.45) is 0 Å². The normalized spacial score (nSPS) is 12.5. The molecule has 0 aliphatic rings. The van der Waals surface area contributed by atoms with Crippen molar-refractivity contribution in [2.45, 2.75) is 33.7 Å². The molecule has 9 heteroatoms. The Balaban J connectivity index is 1.90. The van der Waals surface area contributed by atoms with Crippen LogP contribution in [0.1, 0.15) is 44.7 Å². The molecule has 0 bridgehead atoms. The summed E-state index contributed by atoms with van der Waals surface area (Å²) >= 11 is 1.57. The fourth-order valence-electron chi connectivity index (χ4n) is 2.41. The lowest BCUT2D eigenvalue weighted by Crippen LogP contribution is -2.33. The van der Waals surface area contributed by atoms with Crippen molar-refractivity contribution >= 4 is 23.0 Å². The summed E-state index contributed by atoms with van der Waals surface area (Å²) in [5.74, 6) is 0.305. The highest BCUT2D eigenvalue weighted by molar-refractivity contribution is 7.11. The lowest BCUT2D eigenvalue weighted by atomic mass is 10.2. The van der Waals surface area contributed by atoms with Gasteiger partial charge >= 0.3 is 0 Å². The molecule has 0 spiro atoms. The number of aromatic nitrogens is 5. The van der Waals surface area contributed by atoms with Gasteiger partial charge < -0.3 is 5.32 Å². The summed E-state index contributed by atoms with van der Waals surface area (Å²) in [4.78, 5) is 38.3. The number of nitrogens with one attached hydrogen (secondary N) is 2. The van der Waals surface area contributed by atoms with E-state index in [4.69, 9.17) is 0 Å². The molecule has 3 aromatic heterocycles. The summed E-state index contributed by atoms with van der Waals surface area (Å²) < 4.78 is 1.16. The van der Waals surface area contributed by atoms with Gasteiger partial charge in [-0.3, -0.25) is 14.7 Å². The minimum absolute atomic E-state index is 0.0393. The van der Waals surface area contributed by atoms with Gasteiger partial charge in [0, 0.05) is 11.1 Å². The lowest BCUT2D eigenvalue weighted by Gasteiger charge is -2.12. The first-order chi connectivity index (χ1) is 10.9. The number of aryl methyl sites for hydroxylation is 3. The second kappa shape index (κ2) is 5.58. The second-order valence-corrected chi connectivity index (χ2v) is 6.70. The number of H-pyrrole nitrogens is 1. The molecular formula is C14H16N6O2S. The van der Waals surface area contributed by atoms with Crippen molar-refractivity contribution in [3.63, 3.8) is 0 Å². The van der Waals surface area contributed by atoms with E-state index in [1.807, 2.05) is 20.8 Å². The Bertz CT molecular complexity index is 954. The van der Waals surface area contributed by atoms with Gasteiger partial charge in [-0.05, 0) is 27.7 Å². The van der Waals surface area contributed by atoms with Gasteiger partial charge in [-0.15, -0.1) is 11.3 Å². The number of thiazole rings is 1. The maximum Gasteiger partial charge on any atom is 0.286 e. The molecule has 2 N–H and O–H groups in total. The first-order valence-electron chi connectivity index (χ1n) is 7.06. The molecule has 0 saturated heterocycles. The van der Waals surface area contributed by atoms with Crippen molar-refractivity contribution in [1.29, 1.82) is 0 Å². The van der Waals surface area contributed by atoms with E-state index in [-0.39, 0.29) is 17.4 Å². The van der Waals surface area contributed by atoms with Crippen LogP contribution in [0.4, 0.5) is 0 Å². The largest absolute Gasteiger partial charge is 0.344 e. The van der Waals surface area contributed by atoms with Crippen LogP contribution in [0.3, 0.4) is 0 Å². The molecule has 120 valence electrons. The van der Waals surface area contributed by atoms with Crippen LogP contribution in [-0.2, 0) is 0 Å². The van der Waals surface area contributed by atoms with Crippen LogP contribution in [-0.4, -0.2) is 30.5 Å². The summed E-state index contributed by atoms with van der Waals surface area (Å²) in [6.07, 6.45) is 1.25. The van der Waals surface area contributed by atoms with E-state index in [1.54, 1.807) is 18.3 Å². The van der Waals surface area contributed by atoms with Crippen LogP contribution in [0.25, 0.3) is 5.78 Å². The summed E-state index contributed by atoms with van der Waals surface area (Å²) in [6.45, 7) is 7.42. The Labute approximate surface area is 135 Å². The molecule has 0 aromatic carbocycles. The molecule has 0 aliphatic carbocycles. The van der Waals surface area contributed by atoms with E-state index in [1.165, 1.54) is 6.20 Å². The highest BCUT2D eigenvalue weighted by Gasteiger charge is 2.20. The molecule has 0 radical (unpaired) electrons. The Morgan fingerprint density at radius 2 is 2.09 bits per heavy atom. The zero-order chi connectivity index (χ0) is 16.7. The van der Waals surface area contributed by atoms with Crippen LogP contribution in [0.5, 0.6) is 0 Å². The van der Waals surface area contributed by atoms with Crippen molar-refractivity contribution in [1.82, 2.24) is 29.9 Å². The molecule has 23 heavy (non-hydrogen) atoms. The van der Waals surface area contributed by atoms with E-state index in [9.17, 15) is 9.59 Å². The Kier molecular flexibility index (Phi) is 3.72.